The van der Waals surface area contributed by atoms with Crippen molar-refractivity contribution in [3.63, 3.8) is 0 Å². The molecule has 0 bridgehead atoms. The third kappa shape index (κ3) is 4.03. The van der Waals surface area contributed by atoms with E-state index in [9.17, 15) is 14.9 Å². The van der Waals surface area contributed by atoms with E-state index >= 15 is 0 Å². The molecule has 110 valence electrons. The van der Waals surface area contributed by atoms with Crippen LogP contribution < -0.4 is 10.1 Å². The number of nitrogens with one attached hydrogen (secondary N) is 1. The summed E-state index contributed by atoms with van der Waals surface area (Å²) in [5.74, 6) is -0.233. The van der Waals surface area contributed by atoms with Gasteiger partial charge in [0.2, 0.25) is 0 Å². The molecule has 0 saturated carbocycles. The van der Waals surface area contributed by atoms with Crippen molar-refractivity contribution in [1.82, 2.24) is 5.32 Å². The smallest absolute Gasteiger partial charge is 0.310 e. The molecule has 0 radical (unpaired) electrons. The van der Waals surface area contributed by atoms with Crippen LogP contribution in [-0.4, -0.2) is 16.9 Å². The summed E-state index contributed by atoms with van der Waals surface area (Å²) in [6.45, 7) is 1.97. The standard InChI is InChI=1S/C14H14N2O4S/c1-10(14(17)15-9-11-5-4-8-21-11)20-13-7-3-2-6-12(13)16(18)19/h2-8,10H,9H2,1H3,(H,15,17)/t10-/m0/s1. The fourth-order valence-corrected chi connectivity index (χ4v) is 2.33. The summed E-state index contributed by atoms with van der Waals surface area (Å²) in [7, 11) is 0. The lowest BCUT2D eigenvalue weighted by atomic mass is 10.3. The molecule has 21 heavy (non-hydrogen) atoms. The molecule has 0 aliphatic heterocycles. The Balaban J connectivity index is 1.96. The molecule has 0 fully saturated rings. The maximum absolute atomic E-state index is 11.9. The van der Waals surface area contributed by atoms with Gasteiger partial charge in [-0.05, 0) is 24.4 Å². The summed E-state index contributed by atoms with van der Waals surface area (Å²) >= 11 is 1.54. The molecule has 6 nitrogen and oxygen atoms in total. The maximum Gasteiger partial charge on any atom is 0.310 e. The highest BCUT2D eigenvalue weighted by atomic mass is 32.1. The summed E-state index contributed by atoms with van der Waals surface area (Å²) in [4.78, 5) is 23.3. The monoisotopic (exact) mass is 306 g/mol. The molecular formula is C14H14N2O4S. The number of para-hydroxylation sites is 2. The topological polar surface area (TPSA) is 81.5 Å². The van der Waals surface area contributed by atoms with Gasteiger partial charge in [-0.25, -0.2) is 0 Å². The van der Waals surface area contributed by atoms with Crippen molar-refractivity contribution in [1.29, 1.82) is 0 Å². The molecule has 7 heteroatoms. The number of benzene rings is 1. The van der Waals surface area contributed by atoms with E-state index in [0.717, 1.165) is 4.88 Å². The zero-order valence-corrected chi connectivity index (χ0v) is 12.1. The Morgan fingerprint density at radius 1 is 1.38 bits per heavy atom. The highest BCUT2D eigenvalue weighted by Crippen LogP contribution is 2.26. The van der Waals surface area contributed by atoms with Crippen LogP contribution in [0.15, 0.2) is 41.8 Å². The second-order valence-electron chi connectivity index (χ2n) is 4.28. The van der Waals surface area contributed by atoms with Gasteiger partial charge in [-0.1, -0.05) is 18.2 Å². The Labute approximate surface area is 125 Å². The van der Waals surface area contributed by atoms with Crippen LogP contribution in [0.25, 0.3) is 0 Å². The van der Waals surface area contributed by atoms with E-state index < -0.39 is 11.0 Å². The predicted octanol–water partition coefficient (Wildman–Crippen LogP) is 2.74. The van der Waals surface area contributed by atoms with Crippen molar-refractivity contribution >= 4 is 22.9 Å². The molecule has 0 unspecified atom stereocenters. The van der Waals surface area contributed by atoms with Crippen molar-refractivity contribution in [2.75, 3.05) is 0 Å². The number of hydrogen-bond acceptors (Lipinski definition) is 5. The largest absolute Gasteiger partial charge is 0.474 e. The molecule has 1 heterocycles. The van der Waals surface area contributed by atoms with Crippen LogP contribution in [0.5, 0.6) is 5.75 Å². The minimum Gasteiger partial charge on any atom is -0.474 e. The van der Waals surface area contributed by atoms with Gasteiger partial charge in [-0.15, -0.1) is 11.3 Å². The third-order valence-electron chi connectivity index (χ3n) is 2.75. The number of rotatable bonds is 6. The number of ether oxygens (including phenoxy) is 1. The number of thiophene rings is 1. The zero-order chi connectivity index (χ0) is 15.2. The van der Waals surface area contributed by atoms with Crippen molar-refractivity contribution in [2.24, 2.45) is 0 Å². The van der Waals surface area contributed by atoms with Gasteiger partial charge in [0, 0.05) is 10.9 Å². The molecule has 1 N–H and O–H groups in total. The quantitative estimate of drug-likeness (QED) is 0.657. The molecule has 2 rings (SSSR count). The molecule has 1 atom stereocenters. The molecule has 0 aliphatic rings. The van der Waals surface area contributed by atoms with Crippen LogP contribution in [0.4, 0.5) is 5.69 Å². The fourth-order valence-electron chi connectivity index (χ4n) is 1.68. The first kappa shape index (κ1) is 15.0. The van der Waals surface area contributed by atoms with E-state index in [4.69, 9.17) is 4.74 Å². The number of carbonyl (C=O) groups is 1. The van der Waals surface area contributed by atoms with E-state index in [1.165, 1.54) is 12.1 Å². The highest BCUT2D eigenvalue weighted by Gasteiger charge is 2.20. The van der Waals surface area contributed by atoms with E-state index in [1.54, 1.807) is 30.4 Å². The highest BCUT2D eigenvalue weighted by molar-refractivity contribution is 7.09. The third-order valence-corrected chi connectivity index (χ3v) is 3.63. The van der Waals surface area contributed by atoms with Gasteiger partial charge >= 0.3 is 5.69 Å². The summed E-state index contributed by atoms with van der Waals surface area (Å²) in [6.07, 6.45) is -0.814. The Kier molecular flexibility index (Phi) is 4.89. The summed E-state index contributed by atoms with van der Waals surface area (Å²) in [5.41, 5.74) is -0.157. The van der Waals surface area contributed by atoms with Gasteiger partial charge in [-0.2, -0.15) is 0 Å². The van der Waals surface area contributed by atoms with Crippen molar-refractivity contribution in [2.45, 2.75) is 19.6 Å². The first-order chi connectivity index (χ1) is 10.1. The van der Waals surface area contributed by atoms with Crippen LogP contribution in [0, 0.1) is 10.1 Å². The number of amides is 1. The first-order valence-corrected chi connectivity index (χ1v) is 7.16. The number of nitrogens with zero attached hydrogens (tertiary/aromatic N) is 1. The fraction of sp³-hybridized carbons (Fsp3) is 0.214. The minimum absolute atomic E-state index is 0.0845. The number of nitro benzene ring substituents is 1. The minimum atomic E-state index is -0.814. The van der Waals surface area contributed by atoms with Crippen molar-refractivity contribution < 1.29 is 14.5 Å². The lowest BCUT2D eigenvalue weighted by Crippen LogP contribution is -2.35. The molecule has 0 aliphatic carbocycles. The molecular weight excluding hydrogens is 292 g/mol. The van der Waals surface area contributed by atoms with E-state index in [0.29, 0.717) is 6.54 Å². The second-order valence-corrected chi connectivity index (χ2v) is 5.31. The van der Waals surface area contributed by atoms with Gasteiger partial charge < -0.3 is 10.1 Å². The van der Waals surface area contributed by atoms with Crippen LogP contribution >= 0.6 is 11.3 Å². The van der Waals surface area contributed by atoms with Gasteiger partial charge in [0.05, 0.1) is 11.5 Å². The first-order valence-electron chi connectivity index (χ1n) is 6.28. The van der Waals surface area contributed by atoms with E-state index in [1.807, 2.05) is 17.5 Å². The predicted molar refractivity (Wildman–Crippen MR) is 79.4 cm³/mol. The van der Waals surface area contributed by atoms with Gasteiger partial charge in [0.1, 0.15) is 0 Å². The van der Waals surface area contributed by atoms with Gasteiger partial charge in [0.25, 0.3) is 5.91 Å². The lowest BCUT2D eigenvalue weighted by molar-refractivity contribution is -0.386. The maximum atomic E-state index is 11.9. The number of carbonyl (C=O) groups excluding carboxylic acids is 1. The molecule has 1 amide bonds. The Bertz CT molecular complexity index is 628. The van der Waals surface area contributed by atoms with E-state index in [2.05, 4.69) is 5.32 Å². The average Bonchev–Trinajstić information content (AvgIpc) is 2.98. The molecule has 0 spiro atoms. The van der Waals surface area contributed by atoms with Gasteiger partial charge in [-0.3, -0.25) is 14.9 Å². The Hall–Kier alpha value is -2.41. The normalized spacial score (nSPS) is 11.7. The van der Waals surface area contributed by atoms with Crippen molar-refractivity contribution in [3.8, 4) is 5.75 Å². The zero-order valence-electron chi connectivity index (χ0n) is 11.3. The van der Waals surface area contributed by atoms with Crippen molar-refractivity contribution in [3.05, 3.63) is 56.8 Å². The van der Waals surface area contributed by atoms with Crippen LogP contribution in [0.2, 0.25) is 0 Å². The lowest BCUT2D eigenvalue weighted by Gasteiger charge is -2.14. The number of nitro groups is 1. The molecule has 1 aromatic heterocycles. The molecule has 0 saturated heterocycles. The summed E-state index contributed by atoms with van der Waals surface area (Å²) in [5, 5.41) is 15.5. The van der Waals surface area contributed by atoms with Crippen LogP contribution in [-0.2, 0) is 11.3 Å². The van der Waals surface area contributed by atoms with Crippen LogP contribution in [0.1, 0.15) is 11.8 Å². The Morgan fingerprint density at radius 2 is 2.14 bits per heavy atom. The van der Waals surface area contributed by atoms with Gasteiger partial charge in [0.15, 0.2) is 11.9 Å². The SMILES string of the molecule is C[C@H](Oc1ccccc1[N+](=O)[O-])C(=O)NCc1cccs1. The van der Waals surface area contributed by atoms with Crippen LogP contribution in [0.3, 0.4) is 0 Å². The molecule has 2 aromatic rings. The molecule has 1 aromatic carbocycles. The average molecular weight is 306 g/mol. The summed E-state index contributed by atoms with van der Waals surface area (Å²) in [6, 6.07) is 9.80. The summed E-state index contributed by atoms with van der Waals surface area (Å²) < 4.78 is 5.39. The van der Waals surface area contributed by atoms with E-state index in [-0.39, 0.29) is 17.3 Å². The Morgan fingerprint density at radius 3 is 2.81 bits per heavy atom. The second kappa shape index (κ2) is 6.85. The number of hydrogen-bond donors (Lipinski definition) is 1.